The molecule has 1 atom stereocenters. The van der Waals surface area contributed by atoms with E-state index in [1.807, 2.05) is 6.07 Å². The molecule has 26 heavy (non-hydrogen) atoms. The maximum Gasteiger partial charge on any atom is 0.217 e. The van der Waals surface area contributed by atoms with Crippen LogP contribution in [0.25, 0.3) is 21.5 Å². The lowest BCUT2D eigenvalue weighted by molar-refractivity contribution is 0.225. The van der Waals surface area contributed by atoms with Crippen molar-refractivity contribution < 1.29 is 4.74 Å². The smallest absolute Gasteiger partial charge is 0.217 e. The molecule has 0 amide bonds. The number of rotatable bonds is 3. The van der Waals surface area contributed by atoms with Crippen LogP contribution in [0.15, 0.2) is 89.9 Å². The van der Waals surface area contributed by atoms with Gasteiger partial charge in [-0.3, -0.25) is 0 Å². The first-order valence-electron chi connectivity index (χ1n) is 9.04. The Balaban J connectivity index is 1.56. The summed E-state index contributed by atoms with van der Waals surface area (Å²) < 4.78 is 6.32. The first-order valence-corrected chi connectivity index (χ1v) is 9.04. The van der Waals surface area contributed by atoms with E-state index in [-0.39, 0.29) is 6.10 Å². The number of nitrogens with zero attached hydrogens (tertiary/aromatic N) is 1. The van der Waals surface area contributed by atoms with Crippen molar-refractivity contribution in [2.75, 3.05) is 6.54 Å². The van der Waals surface area contributed by atoms with Crippen LogP contribution in [0.5, 0.6) is 0 Å². The molecule has 0 saturated heterocycles. The Kier molecular flexibility index (Phi) is 3.67. The highest BCUT2D eigenvalue weighted by Crippen LogP contribution is 2.31. The van der Waals surface area contributed by atoms with Crippen LogP contribution >= 0.6 is 0 Å². The Morgan fingerprint density at radius 1 is 0.769 bits per heavy atom. The Morgan fingerprint density at radius 2 is 1.38 bits per heavy atom. The quantitative estimate of drug-likeness (QED) is 0.460. The number of ether oxygens (including phenoxy) is 1. The van der Waals surface area contributed by atoms with E-state index in [1.165, 1.54) is 27.1 Å². The van der Waals surface area contributed by atoms with Crippen molar-refractivity contribution in [3.05, 3.63) is 96.1 Å². The summed E-state index contributed by atoms with van der Waals surface area (Å²) in [5.74, 6) is 0.777. The minimum atomic E-state index is 0.102. The molecular formula is C24H19NO. The van der Waals surface area contributed by atoms with Gasteiger partial charge in [0.15, 0.2) is 0 Å². The molecule has 0 unspecified atom stereocenters. The lowest BCUT2D eigenvalue weighted by Gasteiger charge is -2.14. The third-order valence-electron chi connectivity index (χ3n) is 5.01. The number of benzene rings is 4. The van der Waals surface area contributed by atoms with Crippen molar-refractivity contribution >= 4 is 27.4 Å². The standard InChI is InChI=1S/C24H19NO/c1-2-8-17(9-3-1)14-20-16-25-24(26-20)23-21-12-6-4-10-18(21)15-19-11-5-7-13-22(19)23/h1-13,15,20H,14,16H2/t20-/m1/s1. The highest BCUT2D eigenvalue weighted by molar-refractivity contribution is 6.18. The van der Waals surface area contributed by atoms with Crippen molar-refractivity contribution in [1.82, 2.24) is 0 Å². The van der Waals surface area contributed by atoms with Crippen LogP contribution in [0, 0.1) is 0 Å². The predicted molar refractivity (Wildman–Crippen MR) is 108 cm³/mol. The minimum absolute atomic E-state index is 0.102. The van der Waals surface area contributed by atoms with Gasteiger partial charge in [0.05, 0.1) is 12.1 Å². The molecule has 1 heterocycles. The highest BCUT2D eigenvalue weighted by atomic mass is 16.5. The predicted octanol–water partition coefficient (Wildman–Crippen LogP) is 5.38. The molecule has 5 rings (SSSR count). The van der Waals surface area contributed by atoms with Gasteiger partial charge in [0.25, 0.3) is 0 Å². The van der Waals surface area contributed by atoms with E-state index in [4.69, 9.17) is 9.73 Å². The molecule has 4 aromatic carbocycles. The molecule has 4 aromatic rings. The van der Waals surface area contributed by atoms with E-state index in [9.17, 15) is 0 Å². The average Bonchev–Trinajstić information content (AvgIpc) is 3.14. The zero-order valence-electron chi connectivity index (χ0n) is 14.4. The fraction of sp³-hybridized carbons (Fsp3) is 0.125. The molecular weight excluding hydrogens is 318 g/mol. The Morgan fingerprint density at radius 3 is 2.08 bits per heavy atom. The Hall–Kier alpha value is -3.13. The zero-order chi connectivity index (χ0) is 17.3. The average molecular weight is 337 g/mol. The van der Waals surface area contributed by atoms with Gasteiger partial charge in [-0.1, -0.05) is 78.9 Å². The van der Waals surface area contributed by atoms with Gasteiger partial charge < -0.3 is 4.74 Å². The molecule has 0 spiro atoms. The van der Waals surface area contributed by atoms with Gasteiger partial charge in [-0.15, -0.1) is 0 Å². The van der Waals surface area contributed by atoms with Crippen molar-refractivity contribution in [3.8, 4) is 0 Å². The fourth-order valence-electron chi connectivity index (χ4n) is 3.78. The van der Waals surface area contributed by atoms with Crippen LogP contribution in [0.1, 0.15) is 11.1 Å². The van der Waals surface area contributed by atoms with Crippen LogP contribution in [-0.4, -0.2) is 18.5 Å². The summed E-state index contributed by atoms with van der Waals surface area (Å²) in [5, 5.41) is 4.84. The summed E-state index contributed by atoms with van der Waals surface area (Å²) in [6.45, 7) is 0.710. The number of hydrogen-bond donors (Lipinski definition) is 0. The van der Waals surface area contributed by atoms with Crippen molar-refractivity contribution in [2.24, 2.45) is 4.99 Å². The number of hydrogen-bond acceptors (Lipinski definition) is 2. The number of fused-ring (bicyclic) bond motifs is 2. The molecule has 0 radical (unpaired) electrons. The molecule has 0 bridgehead atoms. The minimum Gasteiger partial charge on any atom is -0.472 e. The topological polar surface area (TPSA) is 21.6 Å². The van der Waals surface area contributed by atoms with E-state index in [0.29, 0.717) is 6.54 Å². The summed E-state index contributed by atoms with van der Waals surface area (Å²) in [4.78, 5) is 4.78. The van der Waals surface area contributed by atoms with Crippen LogP contribution in [0.4, 0.5) is 0 Å². The van der Waals surface area contributed by atoms with Gasteiger partial charge in [-0.05, 0) is 33.2 Å². The third-order valence-corrected chi connectivity index (χ3v) is 5.01. The maximum absolute atomic E-state index is 6.32. The third kappa shape index (κ3) is 2.64. The second kappa shape index (κ2) is 6.30. The van der Waals surface area contributed by atoms with E-state index in [0.717, 1.165) is 17.9 Å². The van der Waals surface area contributed by atoms with Crippen LogP contribution in [-0.2, 0) is 11.2 Å². The highest BCUT2D eigenvalue weighted by Gasteiger charge is 2.24. The van der Waals surface area contributed by atoms with Gasteiger partial charge >= 0.3 is 0 Å². The first-order chi connectivity index (χ1) is 12.9. The van der Waals surface area contributed by atoms with Crippen molar-refractivity contribution in [1.29, 1.82) is 0 Å². The van der Waals surface area contributed by atoms with Crippen molar-refractivity contribution in [2.45, 2.75) is 12.5 Å². The van der Waals surface area contributed by atoms with E-state index in [2.05, 4.69) is 78.9 Å². The molecule has 0 aliphatic carbocycles. The van der Waals surface area contributed by atoms with Gasteiger partial charge in [0.2, 0.25) is 5.90 Å². The molecule has 0 fully saturated rings. The van der Waals surface area contributed by atoms with E-state index >= 15 is 0 Å². The molecule has 2 heteroatoms. The second-order valence-corrected chi connectivity index (χ2v) is 6.77. The summed E-state index contributed by atoms with van der Waals surface area (Å²) in [7, 11) is 0. The second-order valence-electron chi connectivity index (χ2n) is 6.77. The lowest BCUT2D eigenvalue weighted by atomic mass is 9.96. The number of aliphatic imine (C=N–C) groups is 1. The Bertz CT molecular complexity index is 1060. The lowest BCUT2D eigenvalue weighted by Crippen LogP contribution is -2.17. The molecule has 126 valence electrons. The SMILES string of the molecule is c1ccc(C[C@@H]2CN=C(c3c4ccccc4cc4ccccc34)O2)cc1. The largest absolute Gasteiger partial charge is 0.472 e. The summed E-state index contributed by atoms with van der Waals surface area (Å²) >= 11 is 0. The van der Waals surface area contributed by atoms with Gasteiger partial charge in [-0.25, -0.2) is 4.99 Å². The van der Waals surface area contributed by atoms with Gasteiger partial charge in [0, 0.05) is 6.42 Å². The summed E-state index contributed by atoms with van der Waals surface area (Å²) in [6, 6.07) is 29.7. The summed E-state index contributed by atoms with van der Waals surface area (Å²) in [6.07, 6.45) is 0.987. The first kappa shape index (κ1) is 15.2. The monoisotopic (exact) mass is 337 g/mol. The van der Waals surface area contributed by atoms with Gasteiger partial charge in [0.1, 0.15) is 6.10 Å². The van der Waals surface area contributed by atoms with E-state index in [1.54, 1.807) is 0 Å². The maximum atomic E-state index is 6.32. The summed E-state index contributed by atoms with van der Waals surface area (Å²) in [5.41, 5.74) is 2.41. The van der Waals surface area contributed by atoms with E-state index < -0.39 is 0 Å². The van der Waals surface area contributed by atoms with Crippen LogP contribution < -0.4 is 0 Å². The van der Waals surface area contributed by atoms with Gasteiger partial charge in [-0.2, -0.15) is 0 Å². The van der Waals surface area contributed by atoms with Crippen LogP contribution in [0.3, 0.4) is 0 Å². The normalized spacial score (nSPS) is 16.6. The Labute approximate surface area is 152 Å². The molecule has 1 aliphatic rings. The molecule has 0 N–H and O–H groups in total. The van der Waals surface area contributed by atoms with Crippen molar-refractivity contribution in [3.63, 3.8) is 0 Å². The zero-order valence-corrected chi connectivity index (χ0v) is 14.4. The molecule has 0 saturated carbocycles. The molecule has 0 aromatic heterocycles. The molecule has 1 aliphatic heterocycles. The fourth-order valence-corrected chi connectivity index (χ4v) is 3.78. The van der Waals surface area contributed by atoms with Crippen LogP contribution in [0.2, 0.25) is 0 Å². The molecule has 2 nitrogen and oxygen atoms in total.